The van der Waals surface area contributed by atoms with Crippen LogP contribution in [0.5, 0.6) is 0 Å². The van der Waals surface area contributed by atoms with E-state index in [1.165, 1.54) is 0 Å². The van der Waals surface area contributed by atoms with Crippen LogP contribution in [0.1, 0.15) is 0 Å². The van der Waals surface area contributed by atoms with Crippen molar-refractivity contribution in [1.29, 1.82) is 0 Å². The molecule has 0 aliphatic heterocycles. The molecule has 0 aliphatic carbocycles. The highest BCUT2D eigenvalue weighted by Crippen LogP contribution is 2.21. The summed E-state index contributed by atoms with van der Waals surface area (Å²) < 4.78 is 0.347. The molecule has 0 saturated carbocycles. The van der Waals surface area contributed by atoms with Crippen molar-refractivity contribution in [2.24, 2.45) is 0 Å². The molecule has 0 amide bonds. The predicted octanol–water partition coefficient (Wildman–Crippen LogP) is 3.25. The molecule has 0 spiro atoms. The van der Waals surface area contributed by atoms with E-state index in [9.17, 15) is 4.79 Å². The van der Waals surface area contributed by atoms with Crippen LogP contribution in [0.4, 0.5) is 0 Å². The van der Waals surface area contributed by atoms with Gasteiger partial charge in [-0.15, -0.1) is 0 Å². The Labute approximate surface area is 108 Å². The summed E-state index contributed by atoms with van der Waals surface area (Å²) in [5, 5.41) is 0.616. The highest BCUT2D eigenvalue weighted by molar-refractivity contribution is 7.71. The highest BCUT2D eigenvalue weighted by atomic mass is 32.1. The van der Waals surface area contributed by atoms with Crippen molar-refractivity contribution in [2.45, 2.75) is 0 Å². The van der Waals surface area contributed by atoms with Gasteiger partial charge in [0, 0.05) is 0 Å². The van der Waals surface area contributed by atoms with E-state index in [0.29, 0.717) is 10.2 Å². The number of aromatic amines is 2. The summed E-state index contributed by atoms with van der Waals surface area (Å²) in [5.74, 6) is 0. The zero-order valence-electron chi connectivity index (χ0n) is 9.44. The third-order valence-electron chi connectivity index (χ3n) is 2.85. The molecular formula is C14H10N2OS. The van der Waals surface area contributed by atoms with Gasteiger partial charge in [-0.25, -0.2) is 0 Å². The first-order valence-electron chi connectivity index (χ1n) is 5.56. The largest absolute Gasteiger partial charge is 0.332 e. The van der Waals surface area contributed by atoms with Gasteiger partial charge in [0.25, 0.3) is 5.56 Å². The van der Waals surface area contributed by atoms with Crippen molar-refractivity contribution in [3.05, 3.63) is 63.7 Å². The fraction of sp³-hybridized carbons (Fsp3) is 0. The summed E-state index contributed by atoms with van der Waals surface area (Å²) in [7, 11) is 0. The van der Waals surface area contributed by atoms with Crippen LogP contribution in [0, 0.1) is 4.77 Å². The minimum absolute atomic E-state index is 0.161. The number of nitrogens with one attached hydrogen (secondary N) is 2. The van der Waals surface area contributed by atoms with Crippen molar-refractivity contribution in [3.8, 4) is 11.1 Å². The van der Waals surface area contributed by atoms with E-state index >= 15 is 0 Å². The van der Waals surface area contributed by atoms with Gasteiger partial charge in [0.2, 0.25) is 0 Å². The Kier molecular flexibility index (Phi) is 2.57. The smallest absolute Gasteiger partial charge is 0.259 e. The number of rotatable bonds is 1. The Morgan fingerprint density at radius 2 is 1.67 bits per heavy atom. The van der Waals surface area contributed by atoms with Crippen LogP contribution < -0.4 is 5.56 Å². The van der Waals surface area contributed by atoms with E-state index < -0.39 is 0 Å². The summed E-state index contributed by atoms with van der Waals surface area (Å²) in [6, 6.07) is 15.7. The van der Waals surface area contributed by atoms with Crippen LogP contribution >= 0.6 is 12.2 Å². The molecule has 2 N–H and O–H groups in total. The number of hydrogen-bond acceptors (Lipinski definition) is 2. The molecule has 0 saturated heterocycles. The molecule has 3 aromatic rings. The maximum atomic E-state index is 11.8. The van der Waals surface area contributed by atoms with Gasteiger partial charge in [0.05, 0.1) is 10.9 Å². The predicted molar refractivity (Wildman–Crippen MR) is 75.2 cm³/mol. The van der Waals surface area contributed by atoms with Gasteiger partial charge in [-0.05, 0) is 35.5 Å². The molecule has 3 nitrogen and oxygen atoms in total. The lowest BCUT2D eigenvalue weighted by atomic mass is 10.0. The number of hydrogen-bond donors (Lipinski definition) is 2. The SMILES string of the molecule is O=c1[nH]c(=S)[nH]c2ccc(-c3ccccc3)cc12. The first kappa shape index (κ1) is 10.9. The quantitative estimate of drug-likeness (QED) is 0.655. The van der Waals surface area contributed by atoms with Gasteiger partial charge in [-0.2, -0.15) is 0 Å². The van der Waals surface area contributed by atoms with Crippen molar-refractivity contribution >= 4 is 23.1 Å². The summed E-state index contributed by atoms with van der Waals surface area (Å²) in [6.45, 7) is 0. The van der Waals surface area contributed by atoms with Gasteiger partial charge >= 0.3 is 0 Å². The molecule has 0 bridgehead atoms. The maximum absolute atomic E-state index is 11.8. The molecule has 4 heteroatoms. The minimum Gasteiger partial charge on any atom is -0.332 e. The van der Waals surface area contributed by atoms with Crippen molar-refractivity contribution in [2.75, 3.05) is 0 Å². The van der Waals surface area contributed by atoms with Crippen LogP contribution in [0.25, 0.3) is 22.0 Å². The lowest BCUT2D eigenvalue weighted by Gasteiger charge is -2.03. The molecule has 0 radical (unpaired) electrons. The second-order valence-electron chi connectivity index (χ2n) is 4.03. The van der Waals surface area contributed by atoms with Crippen LogP contribution in [-0.4, -0.2) is 9.97 Å². The molecule has 3 rings (SSSR count). The topological polar surface area (TPSA) is 48.6 Å². The Bertz CT molecular complexity index is 818. The Morgan fingerprint density at radius 1 is 0.889 bits per heavy atom. The number of benzene rings is 2. The van der Waals surface area contributed by atoms with Gasteiger partial charge in [-0.1, -0.05) is 36.4 Å². The fourth-order valence-corrected chi connectivity index (χ4v) is 2.18. The van der Waals surface area contributed by atoms with E-state index in [1.807, 2.05) is 48.5 Å². The van der Waals surface area contributed by atoms with Gasteiger partial charge in [-0.3, -0.25) is 9.78 Å². The molecule has 88 valence electrons. The Balaban J connectivity index is 2.30. The van der Waals surface area contributed by atoms with Crippen molar-refractivity contribution in [3.63, 3.8) is 0 Å². The molecule has 2 aromatic carbocycles. The molecule has 1 heterocycles. The molecule has 1 aromatic heterocycles. The number of aromatic nitrogens is 2. The molecule has 0 fully saturated rings. The molecular weight excluding hydrogens is 244 g/mol. The summed E-state index contributed by atoms with van der Waals surface area (Å²) in [4.78, 5) is 17.4. The van der Waals surface area contributed by atoms with Gasteiger partial charge < -0.3 is 4.98 Å². The summed E-state index contributed by atoms with van der Waals surface area (Å²) in [5.41, 5.74) is 2.69. The van der Waals surface area contributed by atoms with Gasteiger partial charge in [0.1, 0.15) is 0 Å². The van der Waals surface area contributed by atoms with Crippen LogP contribution in [0.2, 0.25) is 0 Å². The van der Waals surface area contributed by atoms with Crippen molar-refractivity contribution < 1.29 is 0 Å². The lowest BCUT2D eigenvalue weighted by molar-refractivity contribution is 1.14. The zero-order chi connectivity index (χ0) is 12.5. The summed E-state index contributed by atoms with van der Waals surface area (Å²) >= 11 is 4.94. The standard InChI is InChI=1S/C14H10N2OS/c17-13-11-8-10(9-4-2-1-3-5-9)6-7-12(11)15-14(18)16-13/h1-8H,(H2,15,16,17,18). The maximum Gasteiger partial charge on any atom is 0.259 e. The van der Waals surface area contributed by atoms with E-state index in [4.69, 9.17) is 12.2 Å². The lowest BCUT2D eigenvalue weighted by Crippen LogP contribution is -2.07. The van der Waals surface area contributed by atoms with Crippen LogP contribution in [-0.2, 0) is 0 Å². The molecule has 0 unspecified atom stereocenters. The molecule has 18 heavy (non-hydrogen) atoms. The normalized spacial score (nSPS) is 10.7. The first-order valence-corrected chi connectivity index (χ1v) is 5.97. The second-order valence-corrected chi connectivity index (χ2v) is 4.44. The summed E-state index contributed by atoms with van der Waals surface area (Å²) in [6.07, 6.45) is 0. The van der Waals surface area contributed by atoms with Gasteiger partial charge in [0.15, 0.2) is 4.77 Å². The van der Waals surface area contributed by atoms with E-state index in [-0.39, 0.29) is 5.56 Å². The minimum atomic E-state index is -0.161. The average molecular weight is 254 g/mol. The molecule has 0 atom stereocenters. The van der Waals surface area contributed by atoms with Crippen molar-refractivity contribution in [1.82, 2.24) is 9.97 Å². The Morgan fingerprint density at radius 3 is 2.44 bits per heavy atom. The van der Waals surface area contributed by atoms with E-state index in [2.05, 4.69) is 9.97 Å². The van der Waals surface area contributed by atoms with E-state index in [0.717, 1.165) is 16.6 Å². The van der Waals surface area contributed by atoms with Crippen LogP contribution in [0.3, 0.4) is 0 Å². The molecule has 0 aliphatic rings. The third kappa shape index (κ3) is 1.87. The zero-order valence-corrected chi connectivity index (χ0v) is 10.3. The third-order valence-corrected chi connectivity index (χ3v) is 3.05. The second kappa shape index (κ2) is 4.23. The highest BCUT2D eigenvalue weighted by Gasteiger charge is 2.02. The fourth-order valence-electron chi connectivity index (χ4n) is 1.98. The number of H-pyrrole nitrogens is 2. The average Bonchev–Trinajstić information content (AvgIpc) is 2.39. The monoisotopic (exact) mass is 254 g/mol. The Hall–Kier alpha value is -2.20. The number of fused-ring (bicyclic) bond motifs is 1. The first-order chi connectivity index (χ1) is 8.74. The van der Waals surface area contributed by atoms with E-state index in [1.54, 1.807) is 0 Å². The van der Waals surface area contributed by atoms with Crippen LogP contribution in [0.15, 0.2) is 53.3 Å².